The van der Waals surface area contributed by atoms with Gasteiger partial charge >= 0.3 is 0 Å². The lowest BCUT2D eigenvalue weighted by Gasteiger charge is -2.26. The van der Waals surface area contributed by atoms with Crippen molar-refractivity contribution in [3.63, 3.8) is 0 Å². The van der Waals surface area contributed by atoms with Crippen LogP contribution in [0.3, 0.4) is 0 Å². The van der Waals surface area contributed by atoms with Crippen molar-refractivity contribution in [3.8, 4) is 5.75 Å². The first kappa shape index (κ1) is 8.97. The predicted octanol–water partition coefficient (Wildman–Crippen LogP) is 1.93. The van der Waals surface area contributed by atoms with Gasteiger partial charge in [-0.25, -0.2) is 4.98 Å². The van der Waals surface area contributed by atoms with Gasteiger partial charge in [0.15, 0.2) is 0 Å². The molecule has 1 saturated heterocycles. The second kappa shape index (κ2) is 3.64. The van der Waals surface area contributed by atoms with Gasteiger partial charge in [0.25, 0.3) is 0 Å². The molecule has 3 nitrogen and oxygen atoms in total. The zero-order chi connectivity index (χ0) is 9.26. The van der Waals surface area contributed by atoms with E-state index in [0.717, 1.165) is 15.9 Å². The van der Waals surface area contributed by atoms with Crippen molar-refractivity contribution in [2.75, 3.05) is 13.2 Å². The van der Waals surface area contributed by atoms with Crippen LogP contribution < -0.4 is 4.74 Å². The van der Waals surface area contributed by atoms with Gasteiger partial charge in [0.1, 0.15) is 16.5 Å². The van der Waals surface area contributed by atoms with Crippen molar-refractivity contribution < 1.29 is 9.47 Å². The number of hydrogen-bond donors (Lipinski definition) is 0. The fourth-order valence-electron chi connectivity index (χ4n) is 1.07. The van der Waals surface area contributed by atoms with Gasteiger partial charge in [-0.2, -0.15) is 0 Å². The van der Waals surface area contributed by atoms with Crippen molar-refractivity contribution in [2.24, 2.45) is 0 Å². The average molecular weight is 244 g/mol. The van der Waals surface area contributed by atoms with E-state index in [9.17, 15) is 0 Å². The Morgan fingerprint density at radius 3 is 2.92 bits per heavy atom. The SMILES string of the molecule is Cc1cc(OC2COC2)cnc1Br. The van der Waals surface area contributed by atoms with Crippen LogP contribution in [0.4, 0.5) is 0 Å². The van der Waals surface area contributed by atoms with Gasteiger partial charge in [-0.3, -0.25) is 0 Å². The van der Waals surface area contributed by atoms with Crippen molar-refractivity contribution in [3.05, 3.63) is 22.4 Å². The Bertz CT molecular complexity index is 312. The smallest absolute Gasteiger partial charge is 0.145 e. The number of hydrogen-bond acceptors (Lipinski definition) is 3. The van der Waals surface area contributed by atoms with E-state index < -0.39 is 0 Å². The molecular formula is C9H10BrNO2. The summed E-state index contributed by atoms with van der Waals surface area (Å²) in [7, 11) is 0. The number of ether oxygens (including phenoxy) is 2. The summed E-state index contributed by atoms with van der Waals surface area (Å²) in [4.78, 5) is 4.14. The molecule has 0 bridgehead atoms. The lowest BCUT2D eigenvalue weighted by atomic mass is 10.3. The molecule has 13 heavy (non-hydrogen) atoms. The summed E-state index contributed by atoms with van der Waals surface area (Å²) < 4.78 is 11.4. The molecule has 0 radical (unpaired) electrons. The zero-order valence-electron chi connectivity index (χ0n) is 7.29. The minimum Gasteiger partial charge on any atom is -0.484 e. The Hall–Kier alpha value is -0.610. The number of halogens is 1. The summed E-state index contributed by atoms with van der Waals surface area (Å²) in [5, 5.41) is 0. The van der Waals surface area contributed by atoms with Crippen LogP contribution in [0.2, 0.25) is 0 Å². The third kappa shape index (κ3) is 2.00. The fourth-order valence-corrected chi connectivity index (χ4v) is 1.29. The van der Waals surface area contributed by atoms with E-state index >= 15 is 0 Å². The summed E-state index contributed by atoms with van der Waals surface area (Å²) in [6.45, 7) is 3.37. The second-order valence-electron chi connectivity index (χ2n) is 3.06. The highest BCUT2D eigenvalue weighted by Gasteiger charge is 2.20. The topological polar surface area (TPSA) is 31.4 Å². The Kier molecular flexibility index (Phi) is 2.51. The summed E-state index contributed by atoms with van der Waals surface area (Å²) in [6, 6.07) is 1.97. The molecular weight excluding hydrogens is 234 g/mol. The third-order valence-electron chi connectivity index (χ3n) is 1.90. The number of pyridine rings is 1. The lowest BCUT2D eigenvalue weighted by molar-refractivity contribution is -0.0798. The standard InChI is InChI=1S/C9H10BrNO2/c1-6-2-7(3-11-9(6)10)13-8-4-12-5-8/h2-3,8H,4-5H2,1H3. The Morgan fingerprint density at radius 1 is 1.62 bits per heavy atom. The van der Waals surface area contributed by atoms with E-state index in [2.05, 4.69) is 20.9 Å². The van der Waals surface area contributed by atoms with Crippen LogP contribution in [0.5, 0.6) is 5.75 Å². The maximum Gasteiger partial charge on any atom is 0.145 e. The molecule has 2 rings (SSSR count). The van der Waals surface area contributed by atoms with Crippen molar-refractivity contribution in [1.82, 2.24) is 4.98 Å². The minimum atomic E-state index is 0.211. The molecule has 1 aromatic heterocycles. The largest absolute Gasteiger partial charge is 0.484 e. The Morgan fingerprint density at radius 2 is 2.38 bits per heavy atom. The number of aromatic nitrogens is 1. The monoisotopic (exact) mass is 243 g/mol. The molecule has 0 amide bonds. The highest BCUT2D eigenvalue weighted by atomic mass is 79.9. The van der Waals surface area contributed by atoms with E-state index in [4.69, 9.17) is 9.47 Å². The highest BCUT2D eigenvalue weighted by Crippen LogP contribution is 2.20. The molecule has 4 heteroatoms. The second-order valence-corrected chi connectivity index (χ2v) is 3.81. The van der Waals surface area contributed by atoms with Crippen LogP contribution in [-0.4, -0.2) is 24.3 Å². The van der Waals surface area contributed by atoms with E-state index in [1.807, 2.05) is 13.0 Å². The first-order valence-corrected chi connectivity index (χ1v) is 4.91. The van der Waals surface area contributed by atoms with Crippen molar-refractivity contribution in [2.45, 2.75) is 13.0 Å². The number of nitrogens with zero attached hydrogens (tertiary/aromatic N) is 1. The van der Waals surface area contributed by atoms with Gasteiger partial charge in [-0.1, -0.05) is 0 Å². The summed E-state index contributed by atoms with van der Waals surface area (Å²) in [5.74, 6) is 0.814. The van der Waals surface area contributed by atoms with E-state index in [1.54, 1.807) is 6.20 Å². The lowest BCUT2D eigenvalue weighted by Crippen LogP contribution is -2.38. The molecule has 0 spiro atoms. The van der Waals surface area contributed by atoms with Gasteiger partial charge in [-0.15, -0.1) is 0 Å². The van der Waals surface area contributed by atoms with Crippen LogP contribution in [0.25, 0.3) is 0 Å². The predicted molar refractivity (Wildman–Crippen MR) is 51.9 cm³/mol. The fraction of sp³-hybridized carbons (Fsp3) is 0.444. The molecule has 0 unspecified atom stereocenters. The van der Waals surface area contributed by atoms with E-state index in [0.29, 0.717) is 13.2 Å². The molecule has 0 N–H and O–H groups in total. The third-order valence-corrected chi connectivity index (χ3v) is 2.73. The van der Waals surface area contributed by atoms with Crippen LogP contribution >= 0.6 is 15.9 Å². The van der Waals surface area contributed by atoms with Gasteiger partial charge in [0.2, 0.25) is 0 Å². The average Bonchev–Trinajstić information content (AvgIpc) is 2.04. The van der Waals surface area contributed by atoms with Gasteiger partial charge in [-0.05, 0) is 34.5 Å². The van der Waals surface area contributed by atoms with Crippen molar-refractivity contribution in [1.29, 1.82) is 0 Å². The normalized spacial score (nSPS) is 16.8. The van der Waals surface area contributed by atoms with E-state index in [1.165, 1.54) is 0 Å². The molecule has 1 aliphatic rings. The molecule has 2 heterocycles. The zero-order valence-corrected chi connectivity index (χ0v) is 8.87. The summed E-state index contributed by atoms with van der Waals surface area (Å²) in [5.41, 5.74) is 1.08. The Labute approximate surface area is 85.2 Å². The number of rotatable bonds is 2. The molecule has 1 aliphatic heterocycles. The molecule has 0 saturated carbocycles. The molecule has 1 fully saturated rings. The van der Waals surface area contributed by atoms with Crippen LogP contribution in [0.15, 0.2) is 16.9 Å². The van der Waals surface area contributed by atoms with E-state index in [-0.39, 0.29) is 6.10 Å². The number of aryl methyl sites for hydroxylation is 1. The molecule has 0 atom stereocenters. The maximum atomic E-state index is 5.58. The van der Waals surface area contributed by atoms with Gasteiger partial charge < -0.3 is 9.47 Å². The molecule has 0 aromatic carbocycles. The first-order valence-electron chi connectivity index (χ1n) is 4.12. The Balaban J connectivity index is 2.07. The van der Waals surface area contributed by atoms with Crippen LogP contribution in [-0.2, 0) is 4.74 Å². The summed E-state index contributed by atoms with van der Waals surface area (Å²) >= 11 is 3.34. The molecule has 0 aliphatic carbocycles. The highest BCUT2D eigenvalue weighted by molar-refractivity contribution is 9.10. The van der Waals surface area contributed by atoms with Gasteiger partial charge in [0, 0.05) is 0 Å². The van der Waals surface area contributed by atoms with Crippen LogP contribution in [0, 0.1) is 6.92 Å². The van der Waals surface area contributed by atoms with Crippen LogP contribution in [0.1, 0.15) is 5.56 Å². The van der Waals surface area contributed by atoms with Crippen molar-refractivity contribution >= 4 is 15.9 Å². The van der Waals surface area contributed by atoms with Gasteiger partial charge in [0.05, 0.1) is 19.4 Å². The quantitative estimate of drug-likeness (QED) is 0.745. The molecule has 70 valence electrons. The maximum absolute atomic E-state index is 5.58. The molecule has 1 aromatic rings. The summed E-state index contributed by atoms with van der Waals surface area (Å²) in [6.07, 6.45) is 1.93. The first-order chi connectivity index (χ1) is 6.25. The minimum absolute atomic E-state index is 0.211.